The summed E-state index contributed by atoms with van der Waals surface area (Å²) < 4.78 is 5.17. The number of nitrogens with two attached hydrogens (primary N) is 1. The van der Waals surface area contributed by atoms with E-state index in [2.05, 4.69) is 25.8 Å². The highest BCUT2D eigenvalue weighted by Gasteiger charge is 2.30. The van der Waals surface area contributed by atoms with Crippen molar-refractivity contribution in [1.82, 2.24) is 9.80 Å². The second-order valence-electron chi connectivity index (χ2n) is 5.53. The minimum atomic E-state index is -0.0202. The van der Waals surface area contributed by atoms with E-state index in [1.165, 1.54) is 0 Å². The van der Waals surface area contributed by atoms with E-state index in [4.69, 9.17) is 10.5 Å². The predicted octanol–water partition coefficient (Wildman–Crippen LogP) is 1.44. The van der Waals surface area contributed by atoms with Crippen LogP contribution in [0.4, 0.5) is 5.69 Å². The number of nitrogen functional groups attached to an aromatic ring is 1. The third kappa shape index (κ3) is 2.72. The van der Waals surface area contributed by atoms with Crippen LogP contribution in [0, 0.1) is 0 Å². The van der Waals surface area contributed by atoms with Crippen LogP contribution in [0.5, 0.6) is 5.75 Å². The Kier molecular flexibility index (Phi) is 4.18. The number of hydrogen-bond acceptors (Lipinski definition) is 4. The lowest BCUT2D eigenvalue weighted by Crippen LogP contribution is -2.56. The number of amides is 1. The summed E-state index contributed by atoms with van der Waals surface area (Å²) in [6, 6.07) is 5.88. The molecular formula is C15H23N3O2. The Hall–Kier alpha value is -1.75. The van der Waals surface area contributed by atoms with Gasteiger partial charge in [0.05, 0.1) is 12.7 Å². The summed E-state index contributed by atoms with van der Waals surface area (Å²) in [5.74, 6) is 0.631. The first kappa shape index (κ1) is 14.7. The molecule has 20 heavy (non-hydrogen) atoms. The van der Waals surface area contributed by atoms with Gasteiger partial charge in [-0.25, -0.2) is 0 Å². The van der Waals surface area contributed by atoms with Crippen LogP contribution in [0.25, 0.3) is 0 Å². The molecule has 5 nitrogen and oxygen atoms in total. The van der Waals surface area contributed by atoms with E-state index >= 15 is 0 Å². The molecule has 1 aliphatic rings. The molecule has 2 N–H and O–H groups in total. The van der Waals surface area contributed by atoms with E-state index in [0.29, 0.717) is 29.1 Å². The highest BCUT2D eigenvalue weighted by Crippen LogP contribution is 2.23. The molecule has 0 spiro atoms. The largest absolute Gasteiger partial charge is 0.497 e. The average Bonchev–Trinajstić information content (AvgIpc) is 2.44. The number of rotatable bonds is 2. The molecule has 0 radical (unpaired) electrons. The minimum absolute atomic E-state index is 0.0202. The number of methoxy groups -OCH3 is 1. The molecular weight excluding hydrogens is 254 g/mol. The maximum Gasteiger partial charge on any atom is 0.256 e. The molecule has 2 rings (SSSR count). The Bertz CT molecular complexity index is 492. The molecule has 0 aromatic heterocycles. The molecule has 1 heterocycles. The fraction of sp³-hybridized carbons (Fsp3) is 0.533. The Balaban J connectivity index is 2.23. The summed E-state index contributed by atoms with van der Waals surface area (Å²) >= 11 is 0. The summed E-state index contributed by atoms with van der Waals surface area (Å²) in [5.41, 5.74) is 6.95. The van der Waals surface area contributed by atoms with E-state index in [1.807, 2.05) is 4.90 Å². The normalized spacial score (nSPS) is 23.7. The third-order valence-corrected chi connectivity index (χ3v) is 4.14. The number of benzene rings is 1. The molecule has 1 saturated heterocycles. The second kappa shape index (κ2) is 5.71. The van der Waals surface area contributed by atoms with Gasteiger partial charge in [-0.2, -0.15) is 0 Å². The van der Waals surface area contributed by atoms with Crippen LogP contribution in [0.3, 0.4) is 0 Å². The van der Waals surface area contributed by atoms with Crippen molar-refractivity contribution in [2.24, 2.45) is 0 Å². The summed E-state index contributed by atoms with van der Waals surface area (Å²) in [5, 5.41) is 0. The van der Waals surface area contributed by atoms with Crippen molar-refractivity contribution >= 4 is 11.6 Å². The fourth-order valence-corrected chi connectivity index (χ4v) is 2.59. The van der Waals surface area contributed by atoms with Crippen LogP contribution in [0.1, 0.15) is 24.2 Å². The highest BCUT2D eigenvalue weighted by molar-refractivity contribution is 5.99. The van der Waals surface area contributed by atoms with Gasteiger partial charge in [0.1, 0.15) is 5.75 Å². The Morgan fingerprint density at radius 3 is 2.45 bits per heavy atom. The van der Waals surface area contributed by atoms with Gasteiger partial charge in [0.2, 0.25) is 0 Å². The average molecular weight is 277 g/mol. The maximum absolute atomic E-state index is 12.7. The van der Waals surface area contributed by atoms with Crippen molar-refractivity contribution in [3.8, 4) is 5.75 Å². The van der Waals surface area contributed by atoms with Gasteiger partial charge >= 0.3 is 0 Å². The van der Waals surface area contributed by atoms with E-state index in [9.17, 15) is 4.79 Å². The number of carbonyl (C=O) groups excluding carboxylic acids is 1. The first-order chi connectivity index (χ1) is 9.43. The van der Waals surface area contributed by atoms with Gasteiger partial charge in [-0.05, 0) is 39.1 Å². The Labute approximate surface area is 120 Å². The van der Waals surface area contributed by atoms with Gasteiger partial charge in [-0.1, -0.05) is 0 Å². The molecule has 5 heteroatoms. The lowest BCUT2D eigenvalue weighted by molar-refractivity contribution is 0.0415. The number of nitrogens with zero attached hydrogens (tertiary/aromatic N) is 2. The van der Waals surface area contributed by atoms with Gasteiger partial charge < -0.3 is 15.4 Å². The first-order valence-electron chi connectivity index (χ1n) is 6.88. The van der Waals surface area contributed by atoms with Crippen LogP contribution in [0.15, 0.2) is 18.2 Å². The van der Waals surface area contributed by atoms with Crippen LogP contribution >= 0.6 is 0 Å². The Morgan fingerprint density at radius 2 is 1.90 bits per heavy atom. The predicted molar refractivity (Wildman–Crippen MR) is 80.0 cm³/mol. The molecule has 1 amide bonds. The molecule has 1 aromatic rings. The van der Waals surface area contributed by atoms with Gasteiger partial charge in [0.15, 0.2) is 0 Å². The summed E-state index contributed by atoms with van der Waals surface area (Å²) in [4.78, 5) is 16.8. The molecule has 0 aliphatic carbocycles. The maximum atomic E-state index is 12.7. The highest BCUT2D eigenvalue weighted by atomic mass is 16.5. The number of ether oxygens (including phenoxy) is 1. The van der Waals surface area contributed by atoms with Crippen LogP contribution in [-0.4, -0.2) is 55.0 Å². The van der Waals surface area contributed by atoms with Crippen molar-refractivity contribution in [3.63, 3.8) is 0 Å². The summed E-state index contributed by atoms with van der Waals surface area (Å²) in [6.45, 7) is 5.70. The lowest BCUT2D eigenvalue weighted by atomic mass is 10.1. The zero-order valence-corrected chi connectivity index (χ0v) is 12.6. The van der Waals surface area contributed by atoms with Crippen molar-refractivity contribution in [3.05, 3.63) is 23.8 Å². The Morgan fingerprint density at radius 1 is 1.30 bits per heavy atom. The summed E-state index contributed by atoms with van der Waals surface area (Å²) in [7, 11) is 3.68. The van der Waals surface area contributed by atoms with Crippen LogP contribution in [0.2, 0.25) is 0 Å². The van der Waals surface area contributed by atoms with Gasteiger partial charge in [0, 0.05) is 30.9 Å². The zero-order valence-electron chi connectivity index (χ0n) is 12.6. The molecule has 1 aromatic carbocycles. The first-order valence-corrected chi connectivity index (χ1v) is 6.88. The molecule has 2 unspecified atom stereocenters. The molecule has 0 bridgehead atoms. The van der Waals surface area contributed by atoms with Gasteiger partial charge in [-0.3, -0.25) is 9.69 Å². The van der Waals surface area contributed by atoms with E-state index < -0.39 is 0 Å². The molecule has 2 atom stereocenters. The molecule has 1 aliphatic heterocycles. The number of piperazine rings is 1. The molecule has 0 saturated carbocycles. The minimum Gasteiger partial charge on any atom is -0.497 e. The number of carbonyl (C=O) groups is 1. The monoisotopic (exact) mass is 277 g/mol. The quantitative estimate of drug-likeness (QED) is 0.831. The second-order valence-corrected chi connectivity index (χ2v) is 5.53. The topological polar surface area (TPSA) is 58.8 Å². The van der Waals surface area contributed by atoms with E-state index in [-0.39, 0.29) is 5.91 Å². The SMILES string of the molecule is COc1ccc(N)c(C(=O)N2CC(C)N(C)C(C)C2)c1. The van der Waals surface area contributed by atoms with E-state index in [0.717, 1.165) is 13.1 Å². The van der Waals surface area contributed by atoms with Gasteiger partial charge in [0.25, 0.3) is 5.91 Å². The standard InChI is InChI=1S/C15H23N3O2/c1-10-8-18(9-11(2)17(10)3)15(19)13-7-12(20-4)5-6-14(13)16/h5-7,10-11H,8-9,16H2,1-4H3. The number of hydrogen-bond donors (Lipinski definition) is 1. The van der Waals surface area contributed by atoms with Crippen molar-refractivity contribution < 1.29 is 9.53 Å². The van der Waals surface area contributed by atoms with E-state index in [1.54, 1.807) is 25.3 Å². The molecule has 1 fully saturated rings. The lowest BCUT2D eigenvalue weighted by Gasteiger charge is -2.42. The number of anilines is 1. The zero-order chi connectivity index (χ0) is 14.9. The van der Waals surface area contributed by atoms with Crippen molar-refractivity contribution in [2.75, 3.05) is 33.0 Å². The van der Waals surface area contributed by atoms with Crippen molar-refractivity contribution in [1.29, 1.82) is 0 Å². The third-order valence-electron chi connectivity index (χ3n) is 4.14. The van der Waals surface area contributed by atoms with Crippen LogP contribution < -0.4 is 10.5 Å². The molecule has 110 valence electrons. The smallest absolute Gasteiger partial charge is 0.256 e. The number of likely N-dealkylation sites (N-methyl/N-ethyl adjacent to an activating group) is 1. The summed E-state index contributed by atoms with van der Waals surface area (Å²) in [6.07, 6.45) is 0. The van der Waals surface area contributed by atoms with Gasteiger partial charge in [-0.15, -0.1) is 0 Å². The fourth-order valence-electron chi connectivity index (χ4n) is 2.59. The van der Waals surface area contributed by atoms with Crippen molar-refractivity contribution in [2.45, 2.75) is 25.9 Å². The van der Waals surface area contributed by atoms with Crippen LogP contribution in [-0.2, 0) is 0 Å².